The van der Waals surface area contributed by atoms with Crippen LogP contribution in [0.2, 0.25) is 0 Å². The number of nitrogens with one attached hydrogen (secondary N) is 1. The highest BCUT2D eigenvalue weighted by molar-refractivity contribution is 5.66. The Hall–Kier alpha value is -0.570. The van der Waals surface area contributed by atoms with Crippen molar-refractivity contribution in [2.75, 3.05) is 13.1 Å². The van der Waals surface area contributed by atoms with E-state index < -0.39 is 5.97 Å². The van der Waals surface area contributed by atoms with E-state index in [2.05, 4.69) is 12.2 Å². The predicted molar refractivity (Wildman–Crippen MR) is 44.6 cm³/mol. The van der Waals surface area contributed by atoms with Gasteiger partial charge in [0.15, 0.2) is 0 Å². The third kappa shape index (κ3) is 9.43. The zero-order valence-corrected chi connectivity index (χ0v) is 7.10. The number of hydrogen-bond acceptors (Lipinski definition) is 2. The van der Waals surface area contributed by atoms with E-state index >= 15 is 0 Å². The summed E-state index contributed by atoms with van der Waals surface area (Å²) in [7, 11) is 0. The molecule has 0 saturated carbocycles. The summed E-state index contributed by atoms with van der Waals surface area (Å²) in [5, 5.41) is 11.5. The molecule has 0 spiro atoms. The van der Waals surface area contributed by atoms with E-state index in [0.29, 0.717) is 0 Å². The summed E-state index contributed by atoms with van der Waals surface area (Å²) in [6.07, 6.45) is 3.37. The van der Waals surface area contributed by atoms with Crippen LogP contribution in [-0.2, 0) is 4.79 Å². The molecular weight excluding hydrogens is 142 g/mol. The van der Waals surface area contributed by atoms with Crippen LogP contribution in [0.25, 0.3) is 0 Å². The average molecular weight is 159 g/mol. The van der Waals surface area contributed by atoms with Crippen molar-refractivity contribution in [1.82, 2.24) is 5.32 Å². The average Bonchev–Trinajstić information content (AvgIpc) is 1.96. The molecule has 3 nitrogen and oxygen atoms in total. The topological polar surface area (TPSA) is 49.3 Å². The largest absolute Gasteiger partial charge is 0.481 e. The Kier molecular flexibility index (Phi) is 7.15. The summed E-state index contributed by atoms with van der Waals surface area (Å²) in [5.74, 6) is -0.706. The Labute approximate surface area is 67.8 Å². The highest BCUT2D eigenvalue weighted by atomic mass is 16.4. The zero-order chi connectivity index (χ0) is 8.53. The van der Waals surface area contributed by atoms with Gasteiger partial charge in [0.05, 0.1) is 0 Å². The first-order valence-electron chi connectivity index (χ1n) is 4.20. The summed E-state index contributed by atoms with van der Waals surface area (Å²) in [6.45, 7) is 3.97. The minimum atomic E-state index is -0.706. The maximum atomic E-state index is 10.1. The minimum Gasteiger partial charge on any atom is -0.481 e. The number of carboxylic acids is 1. The first-order valence-corrected chi connectivity index (χ1v) is 4.20. The molecule has 0 aromatic heterocycles. The van der Waals surface area contributed by atoms with Crippen LogP contribution in [0.15, 0.2) is 0 Å². The van der Waals surface area contributed by atoms with E-state index in [0.717, 1.165) is 19.5 Å². The first kappa shape index (κ1) is 10.4. The van der Waals surface area contributed by atoms with E-state index in [1.54, 1.807) is 0 Å². The smallest absolute Gasteiger partial charge is 0.303 e. The second kappa shape index (κ2) is 7.54. The van der Waals surface area contributed by atoms with Gasteiger partial charge in [-0.1, -0.05) is 13.3 Å². The SMILES string of the molecule is CCCCNCCCC(=O)O. The molecular formula is C8H17NO2. The molecule has 0 aromatic carbocycles. The molecule has 0 rings (SSSR count). The van der Waals surface area contributed by atoms with Gasteiger partial charge in [0.1, 0.15) is 0 Å². The number of hydrogen-bond donors (Lipinski definition) is 2. The molecule has 66 valence electrons. The lowest BCUT2D eigenvalue weighted by molar-refractivity contribution is -0.137. The van der Waals surface area contributed by atoms with Crippen LogP contribution in [0.5, 0.6) is 0 Å². The van der Waals surface area contributed by atoms with Crippen molar-refractivity contribution in [2.24, 2.45) is 0 Å². The molecule has 2 N–H and O–H groups in total. The van der Waals surface area contributed by atoms with Crippen LogP contribution in [-0.4, -0.2) is 24.2 Å². The fraction of sp³-hybridized carbons (Fsp3) is 0.875. The summed E-state index contributed by atoms with van der Waals surface area (Å²) in [5.41, 5.74) is 0. The van der Waals surface area contributed by atoms with Crippen LogP contribution >= 0.6 is 0 Å². The van der Waals surface area contributed by atoms with Crippen molar-refractivity contribution in [3.63, 3.8) is 0 Å². The van der Waals surface area contributed by atoms with E-state index in [1.165, 1.54) is 12.8 Å². The lowest BCUT2D eigenvalue weighted by atomic mass is 10.3. The van der Waals surface area contributed by atoms with Crippen molar-refractivity contribution in [2.45, 2.75) is 32.6 Å². The Balaban J connectivity index is 2.85. The second-order valence-corrected chi connectivity index (χ2v) is 2.60. The summed E-state index contributed by atoms with van der Waals surface area (Å²) in [4.78, 5) is 10.1. The lowest BCUT2D eigenvalue weighted by Gasteiger charge is -2.00. The summed E-state index contributed by atoms with van der Waals surface area (Å²) >= 11 is 0. The molecule has 0 aromatic rings. The van der Waals surface area contributed by atoms with Crippen LogP contribution < -0.4 is 5.32 Å². The number of aliphatic carboxylic acids is 1. The normalized spacial score (nSPS) is 9.91. The quantitative estimate of drug-likeness (QED) is 0.549. The van der Waals surface area contributed by atoms with Gasteiger partial charge in [-0.15, -0.1) is 0 Å². The number of rotatable bonds is 7. The van der Waals surface area contributed by atoms with Crippen molar-refractivity contribution < 1.29 is 9.90 Å². The fourth-order valence-corrected chi connectivity index (χ4v) is 0.791. The molecule has 0 unspecified atom stereocenters. The van der Waals surface area contributed by atoms with Gasteiger partial charge in [0, 0.05) is 6.42 Å². The standard InChI is InChI=1S/C8H17NO2/c1-2-3-6-9-7-4-5-8(10)11/h9H,2-7H2,1H3,(H,10,11). The number of carbonyl (C=O) groups is 1. The van der Waals surface area contributed by atoms with Gasteiger partial charge in [-0.25, -0.2) is 0 Å². The third-order valence-corrected chi connectivity index (χ3v) is 1.45. The van der Waals surface area contributed by atoms with E-state index in [9.17, 15) is 4.79 Å². The van der Waals surface area contributed by atoms with Crippen molar-refractivity contribution in [1.29, 1.82) is 0 Å². The van der Waals surface area contributed by atoms with Crippen LogP contribution in [0.1, 0.15) is 32.6 Å². The van der Waals surface area contributed by atoms with E-state index in [-0.39, 0.29) is 6.42 Å². The Bertz CT molecular complexity index is 104. The van der Waals surface area contributed by atoms with Crippen molar-refractivity contribution in [3.05, 3.63) is 0 Å². The number of unbranched alkanes of at least 4 members (excludes halogenated alkanes) is 1. The Morgan fingerprint density at radius 3 is 2.55 bits per heavy atom. The number of carboxylic acid groups (broad SMARTS) is 1. The highest BCUT2D eigenvalue weighted by Crippen LogP contribution is 1.87. The van der Waals surface area contributed by atoms with E-state index in [4.69, 9.17) is 5.11 Å². The molecule has 0 fully saturated rings. The Morgan fingerprint density at radius 1 is 1.36 bits per heavy atom. The molecule has 11 heavy (non-hydrogen) atoms. The maximum absolute atomic E-state index is 10.1. The molecule has 0 atom stereocenters. The predicted octanol–water partition coefficient (Wildman–Crippen LogP) is 1.24. The van der Waals surface area contributed by atoms with Gasteiger partial charge < -0.3 is 10.4 Å². The third-order valence-electron chi connectivity index (χ3n) is 1.45. The minimum absolute atomic E-state index is 0.277. The summed E-state index contributed by atoms with van der Waals surface area (Å²) in [6, 6.07) is 0. The lowest BCUT2D eigenvalue weighted by Crippen LogP contribution is -2.17. The monoisotopic (exact) mass is 159 g/mol. The van der Waals surface area contributed by atoms with Crippen LogP contribution in [0.4, 0.5) is 0 Å². The van der Waals surface area contributed by atoms with Gasteiger partial charge in [-0.3, -0.25) is 4.79 Å². The fourth-order valence-electron chi connectivity index (χ4n) is 0.791. The molecule has 0 aliphatic rings. The zero-order valence-electron chi connectivity index (χ0n) is 7.10. The maximum Gasteiger partial charge on any atom is 0.303 e. The van der Waals surface area contributed by atoms with Crippen molar-refractivity contribution in [3.8, 4) is 0 Å². The first-order chi connectivity index (χ1) is 5.27. The van der Waals surface area contributed by atoms with Gasteiger partial charge in [0.2, 0.25) is 0 Å². The van der Waals surface area contributed by atoms with Crippen molar-refractivity contribution >= 4 is 5.97 Å². The highest BCUT2D eigenvalue weighted by Gasteiger charge is 1.94. The molecule has 0 bridgehead atoms. The molecule has 0 saturated heterocycles. The molecule has 0 radical (unpaired) electrons. The van der Waals surface area contributed by atoms with Gasteiger partial charge in [-0.2, -0.15) is 0 Å². The van der Waals surface area contributed by atoms with Crippen LogP contribution in [0.3, 0.4) is 0 Å². The van der Waals surface area contributed by atoms with Crippen LogP contribution in [0, 0.1) is 0 Å². The molecule has 3 heteroatoms. The van der Waals surface area contributed by atoms with E-state index in [1.807, 2.05) is 0 Å². The molecule has 0 aliphatic heterocycles. The summed E-state index contributed by atoms with van der Waals surface area (Å²) < 4.78 is 0. The van der Waals surface area contributed by atoms with Gasteiger partial charge in [-0.05, 0) is 25.9 Å². The molecule has 0 aliphatic carbocycles. The molecule has 0 amide bonds. The van der Waals surface area contributed by atoms with Gasteiger partial charge in [0.25, 0.3) is 0 Å². The van der Waals surface area contributed by atoms with Gasteiger partial charge >= 0.3 is 5.97 Å². The Morgan fingerprint density at radius 2 is 2.00 bits per heavy atom. The second-order valence-electron chi connectivity index (χ2n) is 2.60. The molecule has 0 heterocycles.